The van der Waals surface area contributed by atoms with E-state index in [-0.39, 0.29) is 11.8 Å². The lowest BCUT2D eigenvalue weighted by Crippen LogP contribution is -2.16. The van der Waals surface area contributed by atoms with Gasteiger partial charge in [-0.15, -0.1) is 0 Å². The molecule has 0 atom stereocenters. The number of fused-ring (bicyclic) bond motifs is 3. The van der Waals surface area contributed by atoms with Gasteiger partial charge < -0.3 is 15.4 Å². The summed E-state index contributed by atoms with van der Waals surface area (Å²) < 4.78 is 7.67. The van der Waals surface area contributed by atoms with Crippen LogP contribution in [0.3, 0.4) is 0 Å². The number of nitrogens with one attached hydrogen (secondary N) is 2. The number of hydrogen-bond donors (Lipinski definition) is 2. The fraction of sp³-hybridized carbons (Fsp3) is 0.0870. The van der Waals surface area contributed by atoms with Gasteiger partial charge in [-0.05, 0) is 61.9 Å². The minimum atomic E-state index is -0.306. The minimum Gasteiger partial charge on any atom is -0.454 e. The average Bonchev–Trinajstić information content (AvgIpc) is 2.99. The van der Waals surface area contributed by atoms with E-state index in [9.17, 15) is 9.59 Å². The van der Waals surface area contributed by atoms with Crippen LogP contribution in [-0.4, -0.2) is 21.2 Å². The normalized spacial score (nSPS) is 12.4. The van der Waals surface area contributed by atoms with E-state index in [0.717, 1.165) is 5.56 Å². The van der Waals surface area contributed by atoms with Crippen LogP contribution in [-0.2, 0) is 0 Å². The molecule has 0 bridgehead atoms. The second-order valence-electron chi connectivity index (χ2n) is 7.20. The van der Waals surface area contributed by atoms with E-state index >= 15 is 0 Å². The second kappa shape index (κ2) is 6.73. The van der Waals surface area contributed by atoms with E-state index in [1.807, 2.05) is 43.3 Å². The first-order valence-corrected chi connectivity index (χ1v) is 9.48. The highest BCUT2D eigenvalue weighted by Crippen LogP contribution is 2.37. The molecule has 5 rings (SSSR count). The molecule has 0 spiro atoms. The molecule has 3 heterocycles. The predicted molar refractivity (Wildman–Crippen MR) is 114 cm³/mol. The van der Waals surface area contributed by atoms with Crippen molar-refractivity contribution in [1.82, 2.24) is 9.38 Å². The number of carbonyl (C=O) groups excluding carboxylic acids is 2. The quantitative estimate of drug-likeness (QED) is 0.518. The molecule has 0 saturated carbocycles. The van der Waals surface area contributed by atoms with Gasteiger partial charge in [-0.3, -0.25) is 14.0 Å². The lowest BCUT2D eigenvalue weighted by atomic mass is 10.1. The van der Waals surface area contributed by atoms with Crippen LogP contribution in [0.4, 0.5) is 11.4 Å². The maximum absolute atomic E-state index is 12.9. The molecule has 0 radical (unpaired) electrons. The SMILES string of the molecule is Cc1ccc2c(c1)NC(=O)c1cc(NC(=O)c3c(C)nc4ccccn34)ccc1O2. The summed E-state index contributed by atoms with van der Waals surface area (Å²) in [6.07, 6.45) is 1.79. The Labute approximate surface area is 172 Å². The van der Waals surface area contributed by atoms with E-state index in [1.165, 1.54) is 0 Å². The zero-order chi connectivity index (χ0) is 20.8. The van der Waals surface area contributed by atoms with Gasteiger partial charge in [0.1, 0.15) is 17.1 Å². The van der Waals surface area contributed by atoms with Gasteiger partial charge in [0.05, 0.1) is 16.9 Å². The number of nitrogens with zero attached hydrogens (tertiary/aromatic N) is 2. The maximum Gasteiger partial charge on any atom is 0.274 e. The van der Waals surface area contributed by atoms with Gasteiger partial charge in [-0.2, -0.15) is 0 Å². The molecule has 7 nitrogen and oxygen atoms in total. The van der Waals surface area contributed by atoms with Crippen LogP contribution in [0.2, 0.25) is 0 Å². The molecule has 2 N–H and O–H groups in total. The number of pyridine rings is 1. The summed E-state index contributed by atoms with van der Waals surface area (Å²) in [6.45, 7) is 3.74. The van der Waals surface area contributed by atoms with E-state index in [2.05, 4.69) is 15.6 Å². The summed E-state index contributed by atoms with van der Waals surface area (Å²) in [7, 11) is 0. The predicted octanol–water partition coefficient (Wildman–Crippen LogP) is 4.56. The smallest absolute Gasteiger partial charge is 0.274 e. The number of rotatable bonds is 2. The Morgan fingerprint density at radius 3 is 2.77 bits per heavy atom. The third-order valence-corrected chi connectivity index (χ3v) is 5.00. The second-order valence-corrected chi connectivity index (χ2v) is 7.20. The van der Waals surface area contributed by atoms with Crippen LogP contribution >= 0.6 is 0 Å². The number of hydrogen-bond acceptors (Lipinski definition) is 4. The molecule has 2 amide bonds. The fourth-order valence-electron chi connectivity index (χ4n) is 3.59. The summed E-state index contributed by atoms with van der Waals surface area (Å²) in [4.78, 5) is 30.1. The molecular formula is C23H18N4O3. The number of aromatic nitrogens is 2. The Balaban J connectivity index is 1.47. The molecule has 7 heteroatoms. The number of imidazole rings is 1. The lowest BCUT2D eigenvalue weighted by molar-refractivity contribution is 0.101. The number of amides is 2. The number of carbonyl (C=O) groups is 2. The molecule has 148 valence electrons. The van der Waals surface area contributed by atoms with Crippen LogP contribution < -0.4 is 15.4 Å². The van der Waals surface area contributed by atoms with Gasteiger partial charge in [0.15, 0.2) is 5.75 Å². The maximum atomic E-state index is 12.9. The van der Waals surface area contributed by atoms with Gasteiger partial charge >= 0.3 is 0 Å². The first-order valence-electron chi connectivity index (χ1n) is 9.48. The highest BCUT2D eigenvalue weighted by Gasteiger charge is 2.22. The van der Waals surface area contributed by atoms with Crippen molar-refractivity contribution in [3.05, 3.63) is 83.3 Å². The summed E-state index contributed by atoms with van der Waals surface area (Å²) in [5, 5.41) is 5.73. The van der Waals surface area contributed by atoms with Gasteiger partial charge in [0.25, 0.3) is 11.8 Å². The van der Waals surface area contributed by atoms with Gasteiger partial charge in [0.2, 0.25) is 0 Å². The Morgan fingerprint density at radius 2 is 1.90 bits per heavy atom. The Morgan fingerprint density at radius 1 is 1.07 bits per heavy atom. The highest BCUT2D eigenvalue weighted by atomic mass is 16.5. The molecule has 0 aliphatic carbocycles. The summed E-state index contributed by atoms with van der Waals surface area (Å²) in [6, 6.07) is 16.2. The van der Waals surface area contributed by atoms with Crippen LogP contribution in [0, 0.1) is 13.8 Å². The van der Waals surface area contributed by atoms with E-state index in [0.29, 0.717) is 45.5 Å². The largest absolute Gasteiger partial charge is 0.454 e. The van der Waals surface area contributed by atoms with Gasteiger partial charge in [0, 0.05) is 11.9 Å². The highest BCUT2D eigenvalue weighted by molar-refractivity contribution is 6.10. The topological polar surface area (TPSA) is 84.7 Å². The van der Waals surface area contributed by atoms with Crippen LogP contribution in [0.15, 0.2) is 60.8 Å². The molecule has 1 aliphatic heterocycles. The number of benzene rings is 2. The minimum absolute atomic E-state index is 0.295. The van der Waals surface area contributed by atoms with Crippen molar-refractivity contribution in [2.24, 2.45) is 0 Å². The molecule has 0 unspecified atom stereocenters. The fourth-order valence-corrected chi connectivity index (χ4v) is 3.59. The molecule has 1 aliphatic rings. The Kier molecular flexibility index (Phi) is 4.03. The van der Waals surface area contributed by atoms with Crippen molar-refractivity contribution in [2.45, 2.75) is 13.8 Å². The molecule has 2 aromatic carbocycles. The van der Waals surface area contributed by atoms with Crippen LogP contribution in [0.25, 0.3) is 5.65 Å². The van der Waals surface area contributed by atoms with Crippen LogP contribution in [0.1, 0.15) is 32.1 Å². The molecule has 4 aromatic rings. The molecule has 0 fully saturated rings. The number of ether oxygens (including phenoxy) is 1. The van der Waals surface area contributed by atoms with Crippen molar-refractivity contribution in [1.29, 1.82) is 0 Å². The number of anilines is 2. The molecule has 0 saturated heterocycles. The van der Waals surface area contributed by atoms with Gasteiger partial charge in [-0.25, -0.2) is 4.98 Å². The molecular weight excluding hydrogens is 380 g/mol. The van der Waals surface area contributed by atoms with E-state index < -0.39 is 0 Å². The van der Waals surface area contributed by atoms with Crippen molar-refractivity contribution < 1.29 is 14.3 Å². The molecule has 30 heavy (non-hydrogen) atoms. The lowest BCUT2D eigenvalue weighted by Gasteiger charge is -2.10. The summed E-state index contributed by atoms with van der Waals surface area (Å²) >= 11 is 0. The van der Waals surface area contributed by atoms with Crippen molar-refractivity contribution in [2.75, 3.05) is 10.6 Å². The van der Waals surface area contributed by atoms with Crippen molar-refractivity contribution in [3.8, 4) is 11.5 Å². The monoisotopic (exact) mass is 398 g/mol. The van der Waals surface area contributed by atoms with Crippen molar-refractivity contribution >= 4 is 28.8 Å². The van der Waals surface area contributed by atoms with E-state index in [1.54, 1.807) is 35.7 Å². The third-order valence-electron chi connectivity index (χ3n) is 5.00. The number of aryl methyl sites for hydroxylation is 2. The average molecular weight is 398 g/mol. The molecule has 2 aromatic heterocycles. The summed E-state index contributed by atoms with van der Waals surface area (Å²) in [5.41, 5.74) is 4.23. The summed E-state index contributed by atoms with van der Waals surface area (Å²) in [5.74, 6) is 0.404. The zero-order valence-electron chi connectivity index (χ0n) is 16.4. The first kappa shape index (κ1) is 17.9. The Hall–Kier alpha value is -4.13. The standard InChI is InChI=1S/C23H18N4O3/c1-13-6-8-19-17(11-13)26-22(28)16-12-15(7-9-18(16)30-19)25-23(29)21-14(2)24-20-5-3-4-10-27(20)21/h3-12H,1-2H3,(H,25,29)(H,26,28). The van der Waals surface area contributed by atoms with Crippen LogP contribution in [0.5, 0.6) is 11.5 Å². The van der Waals surface area contributed by atoms with Gasteiger partial charge in [-0.1, -0.05) is 12.1 Å². The first-order chi connectivity index (χ1) is 14.5. The Bertz CT molecular complexity index is 1340. The third kappa shape index (κ3) is 2.97. The zero-order valence-corrected chi connectivity index (χ0v) is 16.4. The van der Waals surface area contributed by atoms with Crippen molar-refractivity contribution in [3.63, 3.8) is 0 Å². The van der Waals surface area contributed by atoms with E-state index in [4.69, 9.17) is 4.74 Å².